The number of methoxy groups -OCH3 is 4. The van der Waals surface area contributed by atoms with Gasteiger partial charge in [-0.15, -0.1) is 0 Å². The van der Waals surface area contributed by atoms with E-state index in [4.69, 9.17) is 18.9 Å². The molecule has 0 radical (unpaired) electrons. The molecular formula is C31H27NO5. The van der Waals surface area contributed by atoms with Gasteiger partial charge in [0.05, 0.1) is 39.6 Å². The highest BCUT2D eigenvalue weighted by Gasteiger charge is 2.24. The van der Waals surface area contributed by atoms with Crippen molar-refractivity contribution in [3.8, 4) is 45.3 Å². The van der Waals surface area contributed by atoms with Gasteiger partial charge in [-0.1, -0.05) is 24.3 Å². The SMILES string of the molecule is COc1ccc(C(=O)c2[nH]c3c(-c4ccc(OC)cc4)c(OC)ccc3c2-c2ccc(OC)cc2)cc1. The van der Waals surface area contributed by atoms with Crippen LogP contribution < -0.4 is 18.9 Å². The molecular weight excluding hydrogens is 466 g/mol. The number of carbonyl (C=O) groups is 1. The molecule has 0 saturated carbocycles. The summed E-state index contributed by atoms with van der Waals surface area (Å²) in [6.45, 7) is 0. The molecule has 0 aliphatic rings. The van der Waals surface area contributed by atoms with E-state index in [0.29, 0.717) is 22.8 Å². The molecule has 0 fully saturated rings. The van der Waals surface area contributed by atoms with E-state index in [-0.39, 0.29) is 5.78 Å². The van der Waals surface area contributed by atoms with Crippen molar-refractivity contribution in [1.82, 2.24) is 4.98 Å². The standard InChI is InChI=1S/C31H27NO5/c1-34-22-11-5-19(6-12-22)27-25-17-18-26(37-4)28(20-7-13-23(35-2)14-8-20)29(25)32-30(27)31(33)21-9-15-24(36-3)16-10-21/h5-18,32H,1-4H3. The second-order valence-electron chi connectivity index (χ2n) is 8.46. The lowest BCUT2D eigenvalue weighted by molar-refractivity contribution is 0.103. The lowest BCUT2D eigenvalue weighted by Crippen LogP contribution is -2.03. The predicted molar refractivity (Wildman–Crippen MR) is 145 cm³/mol. The average molecular weight is 494 g/mol. The molecule has 4 aromatic carbocycles. The zero-order chi connectivity index (χ0) is 25.9. The largest absolute Gasteiger partial charge is 0.497 e. The van der Waals surface area contributed by atoms with Crippen LogP contribution in [0.2, 0.25) is 0 Å². The number of carbonyl (C=O) groups excluding carboxylic acids is 1. The number of hydrogen-bond donors (Lipinski definition) is 1. The summed E-state index contributed by atoms with van der Waals surface area (Å²) in [7, 11) is 6.52. The van der Waals surface area contributed by atoms with Gasteiger partial charge in [0.25, 0.3) is 0 Å². The third kappa shape index (κ3) is 4.38. The highest BCUT2D eigenvalue weighted by Crippen LogP contribution is 2.43. The van der Waals surface area contributed by atoms with Crippen molar-refractivity contribution in [2.75, 3.05) is 28.4 Å². The number of fused-ring (bicyclic) bond motifs is 1. The Morgan fingerprint density at radius 2 is 1.05 bits per heavy atom. The minimum atomic E-state index is -0.121. The lowest BCUT2D eigenvalue weighted by atomic mass is 9.95. The van der Waals surface area contributed by atoms with Crippen LogP contribution in [0.3, 0.4) is 0 Å². The maximum absolute atomic E-state index is 13.9. The molecule has 1 heterocycles. The molecule has 0 bridgehead atoms. The van der Waals surface area contributed by atoms with Crippen LogP contribution in [0.15, 0.2) is 84.9 Å². The second-order valence-corrected chi connectivity index (χ2v) is 8.46. The predicted octanol–water partition coefficient (Wildman–Crippen LogP) is 6.77. The van der Waals surface area contributed by atoms with E-state index in [0.717, 1.165) is 44.7 Å². The maximum Gasteiger partial charge on any atom is 0.209 e. The zero-order valence-electron chi connectivity index (χ0n) is 21.1. The monoisotopic (exact) mass is 493 g/mol. The lowest BCUT2D eigenvalue weighted by Gasteiger charge is -2.11. The van der Waals surface area contributed by atoms with Crippen LogP contribution in [0.1, 0.15) is 16.1 Å². The van der Waals surface area contributed by atoms with Crippen molar-refractivity contribution in [3.05, 3.63) is 96.2 Å². The first-order valence-corrected chi connectivity index (χ1v) is 11.8. The van der Waals surface area contributed by atoms with Gasteiger partial charge in [-0.3, -0.25) is 4.79 Å². The first kappa shape index (κ1) is 24.0. The molecule has 6 nitrogen and oxygen atoms in total. The van der Waals surface area contributed by atoms with Gasteiger partial charge in [0.1, 0.15) is 23.0 Å². The molecule has 0 aliphatic heterocycles. The van der Waals surface area contributed by atoms with Gasteiger partial charge in [-0.05, 0) is 71.8 Å². The van der Waals surface area contributed by atoms with E-state index >= 15 is 0 Å². The van der Waals surface area contributed by atoms with Crippen LogP contribution in [0.4, 0.5) is 0 Å². The van der Waals surface area contributed by atoms with Crippen LogP contribution >= 0.6 is 0 Å². The third-order valence-corrected chi connectivity index (χ3v) is 6.49. The van der Waals surface area contributed by atoms with E-state index in [2.05, 4.69) is 4.98 Å². The van der Waals surface area contributed by atoms with Crippen LogP contribution in [0, 0.1) is 0 Å². The van der Waals surface area contributed by atoms with Gasteiger partial charge < -0.3 is 23.9 Å². The Morgan fingerprint density at radius 1 is 0.568 bits per heavy atom. The number of H-pyrrole nitrogens is 1. The zero-order valence-corrected chi connectivity index (χ0v) is 21.1. The molecule has 0 saturated heterocycles. The van der Waals surface area contributed by atoms with Crippen molar-refractivity contribution in [1.29, 1.82) is 0 Å². The van der Waals surface area contributed by atoms with E-state index < -0.39 is 0 Å². The number of nitrogens with one attached hydrogen (secondary N) is 1. The summed E-state index contributed by atoms with van der Waals surface area (Å²) in [5.74, 6) is 2.77. The first-order chi connectivity index (χ1) is 18.1. The Bertz CT molecular complexity index is 1550. The third-order valence-electron chi connectivity index (χ3n) is 6.49. The average Bonchev–Trinajstić information content (AvgIpc) is 3.36. The number of ketones is 1. The van der Waals surface area contributed by atoms with Gasteiger partial charge >= 0.3 is 0 Å². The molecule has 0 aliphatic carbocycles. The van der Waals surface area contributed by atoms with Gasteiger partial charge in [0, 0.05) is 22.1 Å². The van der Waals surface area contributed by atoms with Gasteiger partial charge in [0.15, 0.2) is 0 Å². The molecule has 0 atom stereocenters. The van der Waals surface area contributed by atoms with Crippen molar-refractivity contribution in [2.24, 2.45) is 0 Å². The molecule has 6 heteroatoms. The first-order valence-electron chi connectivity index (χ1n) is 11.8. The number of benzene rings is 4. The number of ether oxygens (including phenoxy) is 4. The van der Waals surface area contributed by atoms with Crippen LogP contribution in [0.5, 0.6) is 23.0 Å². The van der Waals surface area contributed by atoms with Gasteiger partial charge in [-0.2, -0.15) is 0 Å². The van der Waals surface area contributed by atoms with Crippen LogP contribution in [0.25, 0.3) is 33.2 Å². The molecule has 1 N–H and O–H groups in total. The summed E-state index contributed by atoms with van der Waals surface area (Å²) >= 11 is 0. The van der Waals surface area contributed by atoms with Crippen LogP contribution in [-0.4, -0.2) is 39.2 Å². The molecule has 0 unspecified atom stereocenters. The van der Waals surface area contributed by atoms with Gasteiger partial charge in [0.2, 0.25) is 5.78 Å². The van der Waals surface area contributed by atoms with Crippen molar-refractivity contribution in [3.63, 3.8) is 0 Å². The minimum absolute atomic E-state index is 0.121. The van der Waals surface area contributed by atoms with E-state index in [1.54, 1.807) is 52.7 Å². The van der Waals surface area contributed by atoms with Gasteiger partial charge in [-0.25, -0.2) is 0 Å². The van der Waals surface area contributed by atoms with Crippen LogP contribution in [-0.2, 0) is 0 Å². The number of aromatic nitrogens is 1. The Hall–Kier alpha value is -4.71. The number of rotatable bonds is 8. The highest BCUT2D eigenvalue weighted by atomic mass is 16.5. The quantitative estimate of drug-likeness (QED) is 0.242. The summed E-state index contributed by atoms with van der Waals surface area (Å²) in [6, 6.07) is 26.5. The second kappa shape index (κ2) is 10.1. The fraction of sp³-hybridized carbons (Fsp3) is 0.129. The van der Waals surface area contributed by atoms with E-state index in [9.17, 15) is 4.79 Å². The minimum Gasteiger partial charge on any atom is -0.497 e. The summed E-state index contributed by atoms with van der Waals surface area (Å²) in [4.78, 5) is 17.3. The van der Waals surface area contributed by atoms with E-state index in [1.165, 1.54) is 0 Å². The fourth-order valence-electron chi connectivity index (χ4n) is 4.57. The molecule has 37 heavy (non-hydrogen) atoms. The highest BCUT2D eigenvalue weighted by molar-refractivity contribution is 6.19. The van der Waals surface area contributed by atoms with Crippen molar-refractivity contribution in [2.45, 2.75) is 0 Å². The number of hydrogen-bond acceptors (Lipinski definition) is 5. The maximum atomic E-state index is 13.9. The normalized spacial score (nSPS) is 10.8. The molecule has 186 valence electrons. The Kier molecular flexibility index (Phi) is 6.56. The van der Waals surface area contributed by atoms with Crippen molar-refractivity contribution < 1.29 is 23.7 Å². The molecule has 0 spiro atoms. The Labute approximate surface area is 215 Å². The summed E-state index contributed by atoms with van der Waals surface area (Å²) < 4.78 is 21.7. The Morgan fingerprint density at radius 3 is 1.54 bits per heavy atom. The topological polar surface area (TPSA) is 69.8 Å². The number of aromatic amines is 1. The molecule has 1 aromatic heterocycles. The summed E-state index contributed by atoms with van der Waals surface area (Å²) in [6.07, 6.45) is 0. The summed E-state index contributed by atoms with van der Waals surface area (Å²) in [5.41, 5.74) is 5.38. The Balaban J connectivity index is 1.77. The summed E-state index contributed by atoms with van der Waals surface area (Å²) in [5, 5.41) is 0.911. The van der Waals surface area contributed by atoms with Crippen molar-refractivity contribution >= 4 is 16.7 Å². The smallest absolute Gasteiger partial charge is 0.209 e. The van der Waals surface area contributed by atoms with E-state index in [1.807, 2.05) is 60.7 Å². The molecule has 5 rings (SSSR count). The molecule has 0 amide bonds. The molecule has 5 aromatic rings. The fourth-order valence-corrected chi connectivity index (χ4v) is 4.57.